The Morgan fingerprint density at radius 1 is 1.53 bits per heavy atom. The summed E-state index contributed by atoms with van der Waals surface area (Å²) in [6.07, 6.45) is 2.67. The molecule has 82 valence electrons. The van der Waals surface area contributed by atoms with Crippen molar-refractivity contribution in [2.75, 3.05) is 28.3 Å². The number of ketones is 1. The average molecular weight is 210 g/mol. The fourth-order valence-electron chi connectivity index (χ4n) is 1.34. The van der Waals surface area contributed by atoms with Gasteiger partial charge in [-0.05, 0) is 0 Å². The summed E-state index contributed by atoms with van der Waals surface area (Å²) in [4.78, 5) is 26.0. The molecule has 0 aromatic heterocycles. The van der Waals surface area contributed by atoms with E-state index in [4.69, 9.17) is 0 Å². The van der Waals surface area contributed by atoms with Crippen LogP contribution in [-0.4, -0.2) is 49.8 Å². The quantitative estimate of drug-likeness (QED) is 0.473. The first kappa shape index (κ1) is 11.3. The SMILES string of the molecule is COC(=O)C=C1C(=O)C=C(N(C)C)N1C. The summed E-state index contributed by atoms with van der Waals surface area (Å²) in [5.74, 6) is 0.0281. The molecule has 0 aliphatic carbocycles. The molecule has 0 saturated heterocycles. The summed E-state index contributed by atoms with van der Waals surface area (Å²) in [6.45, 7) is 0. The summed E-state index contributed by atoms with van der Waals surface area (Å²) in [7, 11) is 6.66. The highest BCUT2D eigenvalue weighted by Gasteiger charge is 2.26. The fraction of sp³-hybridized carbons (Fsp3) is 0.400. The van der Waals surface area contributed by atoms with Gasteiger partial charge in [-0.15, -0.1) is 0 Å². The van der Waals surface area contributed by atoms with Crippen LogP contribution in [0.3, 0.4) is 0 Å². The molecule has 1 heterocycles. The lowest BCUT2D eigenvalue weighted by Gasteiger charge is -2.23. The molecule has 1 rings (SSSR count). The number of nitrogens with zero attached hydrogens (tertiary/aromatic N) is 2. The molecule has 0 saturated carbocycles. The maximum atomic E-state index is 11.5. The molecule has 0 unspecified atom stereocenters. The van der Waals surface area contributed by atoms with Gasteiger partial charge in [0.25, 0.3) is 0 Å². The van der Waals surface area contributed by atoms with Crippen LogP contribution in [0.1, 0.15) is 0 Å². The van der Waals surface area contributed by atoms with Crippen molar-refractivity contribution in [1.82, 2.24) is 9.80 Å². The molecule has 5 nitrogen and oxygen atoms in total. The first-order valence-corrected chi connectivity index (χ1v) is 4.44. The summed E-state index contributed by atoms with van der Waals surface area (Å²) in [5.41, 5.74) is 0.325. The van der Waals surface area contributed by atoms with Gasteiger partial charge >= 0.3 is 5.97 Å². The number of ether oxygens (including phenoxy) is 1. The van der Waals surface area contributed by atoms with E-state index >= 15 is 0 Å². The van der Waals surface area contributed by atoms with Crippen LogP contribution in [0.4, 0.5) is 0 Å². The molecule has 0 spiro atoms. The van der Waals surface area contributed by atoms with Gasteiger partial charge < -0.3 is 14.5 Å². The van der Waals surface area contributed by atoms with E-state index in [2.05, 4.69) is 4.74 Å². The second-order valence-corrected chi connectivity index (χ2v) is 3.37. The Bertz CT molecular complexity index is 356. The molecular weight excluding hydrogens is 196 g/mol. The zero-order valence-corrected chi connectivity index (χ0v) is 9.27. The number of likely N-dealkylation sites (N-methyl/N-ethyl adjacent to an activating group) is 1. The molecule has 0 aromatic carbocycles. The molecule has 0 radical (unpaired) electrons. The predicted molar refractivity (Wildman–Crippen MR) is 54.6 cm³/mol. The molecule has 15 heavy (non-hydrogen) atoms. The number of carbonyl (C=O) groups is 2. The smallest absolute Gasteiger partial charge is 0.332 e. The zero-order valence-electron chi connectivity index (χ0n) is 9.27. The lowest BCUT2D eigenvalue weighted by molar-refractivity contribution is -0.135. The van der Waals surface area contributed by atoms with Crippen LogP contribution < -0.4 is 0 Å². The van der Waals surface area contributed by atoms with E-state index in [1.807, 2.05) is 14.1 Å². The third-order valence-electron chi connectivity index (χ3n) is 2.13. The first-order chi connectivity index (χ1) is 6.97. The van der Waals surface area contributed by atoms with E-state index in [1.165, 1.54) is 19.3 Å². The summed E-state index contributed by atoms with van der Waals surface area (Å²) in [6, 6.07) is 0. The van der Waals surface area contributed by atoms with Gasteiger partial charge in [0.1, 0.15) is 5.82 Å². The molecule has 0 amide bonds. The van der Waals surface area contributed by atoms with E-state index in [-0.39, 0.29) is 5.78 Å². The normalized spacial score (nSPS) is 18.1. The van der Waals surface area contributed by atoms with E-state index < -0.39 is 5.97 Å². The van der Waals surface area contributed by atoms with Crippen molar-refractivity contribution in [2.24, 2.45) is 0 Å². The minimum atomic E-state index is -0.529. The topological polar surface area (TPSA) is 49.9 Å². The summed E-state index contributed by atoms with van der Waals surface area (Å²) in [5, 5.41) is 0. The van der Waals surface area contributed by atoms with Gasteiger partial charge in [0.05, 0.1) is 18.9 Å². The van der Waals surface area contributed by atoms with Gasteiger partial charge in [-0.1, -0.05) is 0 Å². The van der Waals surface area contributed by atoms with Crippen molar-refractivity contribution in [2.45, 2.75) is 0 Å². The Labute approximate surface area is 88.6 Å². The predicted octanol–water partition coefficient (Wildman–Crippen LogP) is -0.0392. The van der Waals surface area contributed by atoms with Crippen molar-refractivity contribution in [3.8, 4) is 0 Å². The number of carbonyl (C=O) groups excluding carboxylic acids is 2. The molecule has 0 bridgehead atoms. The van der Waals surface area contributed by atoms with E-state index in [0.29, 0.717) is 5.70 Å². The highest BCUT2D eigenvalue weighted by molar-refractivity contribution is 6.09. The average Bonchev–Trinajstić information content (AvgIpc) is 2.45. The third-order valence-corrected chi connectivity index (χ3v) is 2.13. The Balaban J connectivity index is 2.95. The molecule has 0 aromatic rings. The van der Waals surface area contributed by atoms with Crippen LogP contribution in [0.25, 0.3) is 0 Å². The summed E-state index contributed by atoms with van der Waals surface area (Å²) >= 11 is 0. The number of methoxy groups -OCH3 is 1. The Kier molecular flexibility index (Phi) is 3.14. The minimum Gasteiger partial charge on any atom is -0.466 e. The lowest BCUT2D eigenvalue weighted by atomic mass is 10.3. The standard InChI is InChI=1S/C10H14N2O3/c1-11(2)9-6-8(13)7(12(9)3)5-10(14)15-4/h5-6H,1-4H3. The molecule has 0 N–H and O–H groups in total. The second kappa shape index (κ2) is 4.16. The monoisotopic (exact) mass is 210 g/mol. The first-order valence-electron chi connectivity index (χ1n) is 4.44. The number of allylic oxidation sites excluding steroid dienone is 1. The van der Waals surface area contributed by atoms with Crippen molar-refractivity contribution in [3.05, 3.63) is 23.7 Å². The maximum absolute atomic E-state index is 11.5. The minimum absolute atomic E-state index is 0.188. The molecular formula is C10H14N2O3. The highest BCUT2D eigenvalue weighted by Crippen LogP contribution is 2.21. The largest absolute Gasteiger partial charge is 0.466 e. The van der Waals surface area contributed by atoms with Crippen LogP contribution in [0.2, 0.25) is 0 Å². The summed E-state index contributed by atoms with van der Waals surface area (Å²) < 4.78 is 4.47. The van der Waals surface area contributed by atoms with Crippen LogP contribution in [0, 0.1) is 0 Å². The Morgan fingerprint density at radius 3 is 2.53 bits per heavy atom. The van der Waals surface area contributed by atoms with Gasteiger partial charge in [-0.25, -0.2) is 4.79 Å². The van der Waals surface area contributed by atoms with E-state index in [1.54, 1.807) is 16.8 Å². The van der Waals surface area contributed by atoms with Gasteiger partial charge in [0.15, 0.2) is 0 Å². The number of hydrogen-bond donors (Lipinski definition) is 0. The molecule has 0 atom stereocenters. The number of hydrogen-bond acceptors (Lipinski definition) is 5. The van der Waals surface area contributed by atoms with Crippen molar-refractivity contribution >= 4 is 11.8 Å². The molecule has 1 aliphatic rings. The highest BCUT2D eigenvalue weighted by atomic mass is 16.5. The lowest BCUT2D eigenvalue weighted by Crippen LogP contribution is -2.24. The maximum Gasteiger partial charge on any atom is 0.332 e. The van der Waals surface area contributed by atoms with Crippen LogP contribution in [-0.2, 0) is 14.3 Å². The van der Waals surface area contributed by atoms with Gasteiger partial charge in [0, 0.05) is 27.2 Å². The van der Waals surface area contributed by atoms with Crippen LogP contribution >= 0.6 is 0 Å². The van der Waals surface area contributed by atoms with Crippen molar-refractivity contribution < 1.29 is 14.3 Å². The van der Waals surface area contributed by atoms with Gasteiger partial charge in [0.2, 0.25) is 5.78 Å². The molecule has 0 fully saturated rings. The van der Waals surface area contributed by atoms with Crippen molar-refractivity contribution in [1.29, 1.82) is 0 Å². The van der Waals surface area contributed by atoms with Gasteiger partial charge in [-0.3, -0.25) is 4.79 Å². The second-order valence-electron chi connectivity index (χ2n) is 3.37. The van der Waals surface area contributed by atoms with E-state index in [9.17, 15) is 9.59 Å². The zero-order chi connectivity index (χ0) is 11.6. The molecule has 5 heteroatoms. The van der Waals surface area contributed by atoms with Crippen molar-refractivity contribution in [3.63, 3.8) is 0 Å². The third kappa shape index (κ3) is 2.18. The van der Waals surface area contributed by atoms with E-state index in [0.717, 1.165) is 5.82 Å². The van der Waals surface area contributed by atoms with Crippen LogP contribution in [0.5, 0.6) is 0 Å². The Morgan fingerprint density at radius 2 is 2.13 bits per heavy atom. The molecule has 1 aliphatic heterocycles. The number of esters is 1. The van der Waals surface area contributed by atoms with Gasteiger partial charge in [-0.2, -0.15) is 0 Å². The van der Waals surface area contributed by atoms with Crippen LogP contribution in [0.15, 0.2) is 23.7 Å². The fourth-order valence-corrected chi connectivity index (χ4v) is 1.34. The Hall–Kier alpha value is -1.78. The number of rotatable bonds is 2.